The van der Waals surface area contributed by atoms with E-state index in [0.29, 0.717) is 21.3 Å². The third-order valence-corrected chi connectivity index (χ3v) is 8.11. The second-order valence-corrected chi connectivity index (χ2v) is 12.3. The van der Waals surface area contributed by atoms with Gasteiger partial charge in [-0.2, -0.15) is 0 Å². The average molecular weight is 674 g/mol. The maximum Gasteiger partial charge on any atom is 0.244 e. The zero-order valence-corrected chi connectivity index (χ0v) is 24.7. The van der Waals surface area contributed by atoms with Crippen molar-refractivity contribution in [3.63, 3.8) is 0 Å². The van der Waals surface area contributed by atoms with Crippen LogP contribution in [0.15, 0.2) is 72.8 Å². The Morgan fingerprint density at radius 3 is 2.22 bits per heavy atom. The number of nitrogens with one attached hydrogen (secondary N) is 1. The van der Waals surface area contributed by atoms with Gasteiger partial charge in [-0.3, -0.25) is 13.9 Å². The Labute approximate surface area is 240 Å². The topological polar surface area (TPSA) is 86.8 Å². The standard InChI is InChI=1S/C26H26Cl2IN3O4S/c1-30-26(34)24(14-18-6-4-3-5-7-18)31(16-19-8-9-20(27)15-23(19)28)25(33)17-32(37(2,35)36)22-12-10-21(29)11-13-22/h3-13,15,24H,14,16-17H2,1-2H3,(H,30,34). The molecule has 7 nitrogen and oxygen atoms in total. The lowest BCUT2D eigenvalue weighted by atomic mass is 10.0. The summed E-state index contributed by atoms with van der Waals surface area (Å²) in [5, 5.41) is 3.40. The Hall–Kier alpha value is -2.34. The molecule has 2 amide bonds. The number of sulfonamides is 1. The first-order valence-electron chi connectivity index (χ1n) is 11.2. The summed E-state index contributed by atoms with van der Waals surface area (Å²) in [5.74, 6) is -0.943. The monoisotopic (exact) mass is 673 g/mol. The fourth-order valence-electron chi connectivity index (χ4n) is 3.78. The van der Waals surface area contributed by atoms with Gasteiger partial charge in [-0.05, 0) is 70.1 Å². The van der Waals surface area contributed by atoms with Crippen LogP contribution in [0.25, 0.3) is 0 Å². The van der Waals surface area contributed by atoms with E-state index in [1.165, 1.54) is 11.9 Å². The van der Waals surface area contributed by atoms with E-state index in [4.69, 9.17) is 23.2 Å². The molecule has 0 heterocycles. The highest BCUT2D eigenvalue weighted by molar-refractivity contribution is 14.1. The fourth-order valence-corrected chi connectivity index (χ4v) is 5.45. The molecule has 0 aliphatic carbocycles. The molecule has 0 aliphatic rings. The second kappa shape index (κ2) is 12.9. The third kappa shape index (κ3) is 8.07. The van der Waals surface area contributed by atoms with Crippen LogP contribution < -0.4 is 9.62 Å². The van der Waals surface area contributed by atoms with Crippen molar-refractivity contribution in [1.82, 2.24) is 10.2 Å². The Balaban J connectivity index is 2.04. The van der Waals surface area contributed by atoms with E-state index in [1.54, 1.807) is 42.5 Å². The molecule has 0 radical (unpaired) electrons. The molecule has 37 heavy (non-hydrogen) atoms. The third-order valence-electron chi connectivity index (χ3n) is 5.67. The molecule has 0 saturated heterocycles. The fraction of sp³-hybridized carbons (Fsp3) is 0.231. The normalized spacial score (nSPS) is 12.0. The highest BCUT2D eigenvalue weighted by Crippen LogP contribution is 2.25. The largest absolute Gasteiger partial charge is 0.357 e. The van der Waals surface area contributed by atoms with Gasteiger partial charge in [0.25, 0.3) is 0 Å². The quantitative estimate of drug-likeness (QED) is 0.315. The molecule has 0 saturated carbocycles. The average Bonchev–Trinajstić information content (AvgIpc) is 2.86. The Bertz CT molecular complexity index is 1360. The molecular weight excluding hydrogens is 648 g/mol. The van der Waals surface area contributed by atoms with Crippen molar-refractivity contribution in [3.8, 4) is 0 Å². The zero-order chi connectivity index (χ0) is 27.2. The number of likely N-dealkylation sites (N-methyl/N-ethyl adjacent to an activating group) is 1. The lowest BCUT2D eigenvalue weighted by molar-refractivity contribution is -0.139. The number of rotatable bonds is 10. The van der Waals surface area contributed by atoms with Gasteiger partial charge in [-0.15, -0.1) is 0 Å². The van der Waals surface area contributed by atoms with Crippen molar-refractivity contribution in [2.24, 2.45) is 0 Å². The van der Waals surface area contributed by atoms with Crippen molar-refractivity contribution < 1.29 is 18.0 Å². The van der Waals surface area contributed by atoms with Crippen LogP contribution in [0, 0.1) is 3.57 Å². The highest BCUT2D eigenvalue weighted by Gasteiger charge is 2.33. The number of carbonyl (C=O) groups excluding carboxylic acids is 2. The molecule has 1 N–H and O–H groups in total. The van der Waals surface area contributed by atoms with Gasteiger partial charge in [-0.25, -0.2) is 8.42 Å². The molecule has 3 rings (SSSR count). The van der Waals surface area contributed by atoms with E-state index in [0.717, 1.165) is 19.7 Å². The number of halogens is 3. The molecule has 0 bridgehead atoms. The molecule has 0 fully saturated rings. The number of carbonyl (C=O) groups is 2. The summed E-state index contributed by atoms with van der Waals surface area (Å²) < 4.78 is 27.4. The van der Waals surface area contributed by atoms with Gasteiger partial charge >= 0.3 is 0 Å². The van der Waals surface area contributed by atoms with Crippen LogP contribution in [0.5, 0.6) is 0 Å². The second-order valence-electron chi connectivity index (χ2n) is 8.32. The van der Waals surface area contributed by atoms with Crippen LogP contribution in [0.2, 0.25) is 10.0 Å². The molecule has 1 unspecified atom stereocenters. The van der Waals surface area contributed by atoms with Crippen molar-refractivity contribution >= 4 is 73.3 Å². The van der Waals surface area contributed by atoms with Gasteiger partial charge in [0.15, 0.2) is 0 Å². The molecule has 0 spiro atoms. The van der Waals surface area contributed by atoms with Gasteiger partial charge in [0.05, 0.1) is 11.9 Å². The van der Waals surface area contributed by atoms with E-state index in [2.05, 4.69) is 27.9 Å². The molecule has 1 atom stereocenters. The van der Waals surface area contributed by atoms with Crippen molar-refractivity contribution in [2.45, 2.75) is 19.0 Å². The van der Waals surface area contributed by atoms with Gasteiger partial charge in [-0.1, -0.05) is 59.6 Å². The number of amides is 2. The van der Waals surface area contributed by atoms with Crippen LogP contribution in [0.1, 0.15) is 11.1 Å². The minimum absolute atomic E-state index is 0.0238. The molecule has 0 aliphatic heterocycles. The summed E-state index contributed by atoms with van der Waals surface area (Å²) in [4.78, 5) is 28.3. The predicted octanol–water partition coefficient (Wildman–Crippen LogP) is 4.75. The van der Waals surface area contributed by atoms with Crippen molar-refractivity contribution in [3.05, 3.63) is 97.5 Å². The van der Waals surface area contributed by atoms with Crippen molar-refractivity contribution in [2.75, 3.05) is 24.2 Å². The van der Waals surface area contributed by atoms with Gasteiger partial charge in [0.1, 0.15) is 12.6 Å². The van der Waals surface area contributed by atoms with E-state index in [1.807, 2.05) is 30.3 Å². The van der Waals surface area contributed by atoms with Crippen LogP contribution in [-0.2, 0) is 32.6 Å². The summed E-state index contributed by atoms with van der Waals surface area (Å²) >= 11 is 14.6. The van der Waals surface area contributed by atoms with Gasteiger partial charge in [0.2, 0.25) is 21.8 Å². The number of benzene rings is 3. The summed E-state index contributed by atoms with van der Waals surface area (Å²) in [7, 11) is -2.32. The summed E-state index contributed by atoms with van der Waals surface area (Å²) in [6, 6.07) is 20.0. The number of hydrogen-bond acceptors (Lipinski definition) is 4. The first-order valence-corrected chi connectivity index (χ1v) is 14.9. The molecule has 0 aromatic heterocycles. The maximum atomic E-state index is 13.8. The number of anilines is 1. The zero-order valence-electron chi connectivity index (χ0n) is 20.2. The smallest absolute Gasteiger partial charge is 0.244 e. The number of nitrogens with zero attached hydrogens (tertiary/aromatic N) is 2. The van der Waals surface area contributed by atoms with Crippen LogP contribution >= 0.6 is 45.8 Å². The predicted molar refractivity (Wildman–Crippen MR) is 156 cm³/mol. The minimum Gasteiger partial charge on any atom is -0.357 e. The van der Waals surface area contributed by atoms with Gasteiger partial charge < -0.3 is 10.2 Å². The van der Waals surface area contributed by atoms with Crippen LogP contribution in [-0.4, -0.2) is 51.0 Å². The molecular formula is C26H26Cl2IN3O4S. The maximum absolute atomic E-state index is 13.8. The lowest BCUT2D eigenvalue weighted by Gasteiger charge is -2.33. The molecule has 196 valence electrons. The molecule has 11 heteroatoms. The molecule has 3 aromatic carbocycles. The minimum atomic E-state index is -3.82. The SMILES string of the molecule is CNC(=O)C(Cc1ccccc1)N(Cc1ccc(Cl)cc1Cl)C(=O)CN(c1ccc(I)cc1)S(C)(=O)=O. The summed E-state index contributed by atoms with van der Waals surface area (Å²) in [5.41, 5.74) is 1.76. The first-order chi connectivity index (χ1) is 17.5. The summed E-state index contributed by atoms with van der Waals surface area (Å²) in [6.07, 6.45) is 1.26. The van der Waals surface area contributed by atoms with E-state index in [-0.39, 0.29) is 18.9 Å². The Morgan fingerprint density at radius 2 is 1.65 bits per heavy atom. The Kier molecular flexibility index (Phi) is 10.2. The molecule has 3 aromatic rings. The van der Waals surface area contributed by atoms with E-state index < -0.39 is 28.5 Å². The van der Waals surface area contributed by atoms with Crippen LogP contribution in [0.4, 0.5) is 5.69 Å². The summed E-state index contributed by atoms with van der Waals surface area (Å²) in [6.45, 7) is -0.517. The number of hydrogen-bond donors (Lipinski definition) is 1. The van der Waals surface area contributed by atoms with Crippen molar-refractivity contribution in [1.29, 1.82) is 0 Å². The van der Waals surface area contributed by atoms with Gasteiger partial charge in [0, 0.05) is 33.6 Å². The first kappa shape index (κ1) is 29.2. The lowest BCUT2D eigenvalue weighted by Crippen LogP contribution is -2.52. The van der Waals surface area contributed by atoms with E-state index in [9.17, 15) is 18.0 Å². The Morgan fingerprint density at radius 1 is 1.00 bits per heavy atom. The highest BCUT2D eigenvalue weighted by atomic mass is 127. The van der Waals surface area contributed by atoms with Crippen LogP contribution in [0.3, 0.4) is 0 Å². The van der Waals surface area contributed by atoms with E-state index >= 15 is 0 Å².